The van der Waals surface area contributed by atoms with Crippen molar-refractivity contribution in [2.24, 2.45) is 0 Å². The van der Waals surface area contributed by atoms with Gasteiger partial charge in [-0.1, -0.05) is 201 Å². The first-order valence-corrected chi connectivity index (χ1v) is 26.4. The summed E-state index contributed by atoms with van der Waals surface area (Å²) in [5.41, 5.74) is 0. The number of ether oxygens (including phenoxy) is 3. The highest BCUT2D eigenvalue weighted by atomic mass is 16.6. The van der Waals surface area contributed by atoms with Crippen molar-refractivity contribution in [1.82, 2.24) is 0 Å². The quantitative estimate of drug-likeness (QED) is 0.0346. The summed E-state index contributed by atoms with van der Waals surface area (Å²) in [5.74, 6) is -0.469. The zero-order valence-corrected chi connectivity index (χ0v) is 41.8. The predicted molar refractivity (Wildman–Crippen MR) is 279 cm³/mol. The molecule has 1 unspecified atom stereocenters. The Hall–Kier alpha value is -3.44. The third-order valence-corrected chi connectivity index (χ3v) is 10.8. The Labute approximate surface area is 395 Å². The van der Waals surface area contributed by atoms with Gasteiger partial charge in [0.2, 0.25) is 0 Å². The molecule has 0 aromatic carbocycles. The SMILES string of the molecule is CC/C=C\C/C=C\C/C=C\C/C=C\CCCCCCCCC(=O)OCC(COCCCCCCCC/C=C\CCCCCC)OC(=O)CCCC/C=C\C/C=C\C/C=C\C/C=C\CC. The Morgan fingerprint density at radius 2 is 0.703 bits per heavy atom. The van der Waals surface area contributed by atoms with Crippen LogP contribution >= 0.6 is 0 Å². The Morgan fingerprint density at radius 1 is 0.359 bits per heavy atom. The number of esters is 2. The summed E-state index contributed by atoms with van der Waals surface area (Å²) in [6, 6.07) is 0. The highest BCUT2D eigenvalue weighted by Crippen LogP contribution is 2.13. The summed E-state index contributed by atoms with van der Waals surface area (Å²) >= 11 is 0. The van der Waals surface area contributed by atoms with Crippen molar-refractivity contribution in [3.63, 3.8) is 0 Å². The molecular formula is C59H98O5. The van der Waals surface area contributed by atoms with Gasteiger partial charge >= 0.3 is 11.9 Å². The van der Waals surface area contributed by atoms with Crippen molar-refractivity contribution in [1.29, 1.82) is 0 Å². The first-order chi connectivity index (χ1) is 31.6. The molecule has 0 aromatic heterocycles. The summed E-state index contributed by atoms with van der Waals surface area (Å²) in [6.07, 6.45) is 73.8. The smallest absolute Gasteiger partial charge is 0.306 e. The van der Waals surface area contributed by atoms with Crippen LogP contribution in [0.2, 0.25) is 0 Å². The fourth-order valence-electron chi connectivity index (χ4n) is 6.90. The average Bonchev–Trinajstić information content (AvgIpc) is 3.30. The third kappa shape index (κ3) is 51.2. The first-order valence-electron chi connectivity index (χ1n) is 26.4. The molecular weight excluding hydrogens is 789 g/mol. The normalized spacial score (nSPS) is 13.1. The van der Waals surface area contributed by atoms with Crippen LogP contribution in [0.5, 0.6) is 0 Å². The lowest BCUT2D eigenvalue weighted by molar-refractivity contribution is -0.163. The summed E-state index contributed by atoms with van der Waals surface area (Å²) in [7, 11) is 0. The average molecular weight is 887 g/mol. The monoisotopic (exact) mass is 887 g/mol. The molecule has 0 aromatic rings. The summed E-state index contributed by atoms with van der Waals surface area (Å²) in [5, 5.41) is 0. The van der Waals surface area contributed by atoms with Gasteiger partial charge < -0.3 is 14.2 Å². The minimum absolute atomic E-state index is 0.0526. The maximum absolute atomic E-state index is 12.8. The topological polar surface area (TPSA) is 61.8 Å². The van der Waals surface area contributed by atoms with Gasteiger partial charge in [-0.3, -0.25) is 9.59 Å². The Balaban J connectivity index is 4.38. The fraction of sp³-hybridized carbons (Fsp3) is 0.661. The Morgan fingerprint density at radius 3 is 1.17 bits per heavy atom. The number of unbranched alkanes of at least 4 members (excludes halogenated alkanes) is 18. The third-order valence-electron chi connectivity index (χ3n) is 10.8. The van der Waals surface area contributed by atoms with Gasteiger partial charge in [0.05, 0.1) is 6.61 Å². The zero-order chi connectivity index (χ0) is 46.3. The van der Waals surface area contributed by atoms with Crippen LogP contribution in [0.15, 0.2) is 109 Å². The minimum atomic E-state index is -0.573. The number of carbonyl (C=O) groups excluding carboxylic acids is 2. The molecule has 0 aliphatic rings. The molecule has 1 atom stereocenters. The van der Waals surface area contributed by atoms with Crippen LogP contribution in [0.25, 0.3) is 0 Å². The van der Waals surface area contributed by atoms with Crippen LogP contribution in [0.3, 0.4) is 0 Å². The maximum atomic E-state index is 12.8. The van der Waals surface area contributed by atoms with Crippen molar-refractivity contribution in [3.05, 3.63) is 109 Å². The maximum Gasteiger partial charge on any atom is 0.306 e. The van der Waals surface area contributed by atoms with Gasteiger partial charge in [0.15, 0.2) is 6.10 Å². The van der Waals surface area contributed by atoms with E-state index in [1.165, 1.54) is 83.5 Å². The second kappa shape index (κ2) is 53.9. The van der Waals surface area contributed by atoms with E-state index in [0.29, 0.717) is 19.4 Å². The van der Waals surface area contributed by atoms with Crippen LogP contribution in [-0.4, -0.2) is 37.9 Å². The van der Waals surface area contributed by atoms with E-state index in [0.717, 1.165) is 109 Å². The molecule has 0 rings (SSSR count). The van der Waals surface area contributed by atoms with Crippen LogP contribution in [-0.2, 0) is 23.8 Å². The first kappa shape index (κ1) is 60.6. The van der Waals surface area contributed by atoms with E-state index in [2.05, 4.69) is 130 Å². The molecule has 64 heavy (non-hydrogen) atoms. The summed E-state index contributed by atoms with van der Waals surface area (Å²) < 4.78 is 17.4. The standard InChI is InChI=1S/C59H98O5/c1-4-7-10-13-16-19-22-25-28-29-30-31-33-34-37-40-43-46-49-52-58(60)63-56-57(55-62-54-51-48-45-42-39-36-27-24-21-18-15-12-9-6-3)64-59(61)53-50-47-44-41-38-35-32-26-23-20-17-14-11-8-5-2/h7-8,10-11,16-17,19-21,24-26,28,30-32,38,41,57H,4-6,9,12-15,18,22-23,27,29,33-37,39-40,42-56H2,1-3H3/b10-7-,11-8-,19-16-,20-17-,24-21-,28-25-,31-30-,32-26-,41-38-. The minimum Gasteiger partial charge on any atom is -0.462 e. The molecule has 0 aliphatic carbocycles. The molecule has 5 heteroatoms. The van der Waals surface area contributed by atoms with Gasteiger partial charge in [-0.15, -0.1) is 0 Å². The molecule has 0 radical (unpaired) electrons. The van der Waals surface area contributed by atoms with E-state index < -0.39 is 6.10 Å². The molecule has 364 valence electrons. The van der Waals surface area contributed by atoms with E-state index in [-0.39, 0.29) is 25.2 Å². The molecule has 5 nitrogen and oxygen atoms in total. The van der Waals surface area contributed by atoms with Crippen LogP contribution < -0.4 is 0 Å². The van der Waals surface area contributed by atoms with E-state index in [4.69, 9.17) is 14.2 Å². The lowest BCUT2D eigenvalue weighted by Gasteiger charge is -2.18. The van der Waals surface area contributed by atoms with Gasteiger partial charge in [0.1, 0.15) is 6.61 Å². The second-order valence-corrected chi connectivity index (χ2v) is 17.0. The number of rotatable bonds is 47. The van der Waals surface area contributed by atoms with E-state index in [9.17, 15) is 9.59 Å². The van der Waals surface area contributed by atoms with Crippen LogP contribution in [0.4, 0.5) is 0 Å². The van der Waals surface area contributed by atoms with Gasteiger partial charge in [-0.05, 0) is 122 Å². The molecule has 0 N–H and O–H groups in total. The lowest BCUT2D eigenvalue weighted by atomic mass is 10.1. The van der Waals surface area contributed by atoms with Crippen molar-refractivity contribution < 1.29 is 23.8 Å². The van der Waals surface area contributed by atoms with Crippen molar-refractivity contribution in [2.75, 3.05) is 19.8 Å². The molecule has 0 saturated heterocycles. The van der Waals surface area contributed by atoms with Gasteiger partial charge in [0, 0.05) is 19.4 Å². The highest BCUT2D eigenvalue weighted by Gasteiger charge is 2.17. The molecule has 0 saturated carbocycles. The number of carbonyl (C=O) groups is 2. The molecule has 0 amide bonds. The molecule has 0 fully saturated rings. The highest BCUT2D eigenvalue weighted by molar-refractivity contribution is 5.70. The van der Waals surface area contributed by atoms with E-state index in [1.54, 1.807) is 0 Å². The van der Waals surface area contributed by atoms with E-state index >= 15 is 0 Å². The lowest BCUT2D eigenvalue weighted by Crippen LogP contribution is -2.30. The number of hydrogen-bond donors (Lipinski definition) is 0. The van der Waals surface area contributed by atoms with Crippen LogP contribution in [0, 0.1) is 0 Å². The van der Waals surface area contributed by atoms with E-state index in [1.807, 2.05) is 0 Å². The molecule has 0 aliphatic heterocycles. The second-order valence-electron chi connectivity index (χ2n) is 17.0. The van der Waals surface area contributed by atoms with Gasteiger partial charge in [0.25, 0.3) is 0 Å². The largest absolute Gasteiger partial charge is 0.462 e. The Kier molecular flexibility index (Phi) is 51.0. The van der Waals surface area contributed by atoms with Crippen molar-refractivity contribution >= 4 is 11.9 Å². The zero-order valence-electron chi connectivity index (χ0n) is 41.8. The predicted octanol–water partition coefficient (Wildman–Crippen LogP) is 18.0. The Bertz CT molecular complexity index is 1280. The molecule has 0 spiro atoms. The summed E-state index contributed by atoms with van der Waals surface area (Å²) in [4.78, 5) is 25.4. The van der Waals surface area contributed by atoms with Gasteiger partial charge in [-0.25, -0.2) is 0 Å². The summed E-state index contributed by atoms with van der Waals surface area (Å²) in [6.45, 7) is 7.51. The number of allylic oxidation sites excluding steroid dienone is 18. The van der Waals surface area contributed by atoms with Crippen molar-refractivity contribution in [2.45, 2.75) is 232 Å². The molecule has 0 bridgehead atoms. The van der Waals surface area contributed by atoms with Gasteiger partial charge in [-0.2, -0.15) is 0 Å². The van der Waals surface area contributed by atoms with Crippen molar-refractivity contribution in [3.8, 4) is 0 Å². The van der Waals surface area contributed by atoms with Crippen LogP contribution in [0.1, 0.15) is 226 Å². The fourth-order valence-corrected chi connectivity index (χ4v) is 6.90. The number of hydrogen-bond acceptors (Lipinski definition) is 5. The molecule has 0 heterocycles.